The lowest BCUT2D eigenvalue weighted by molar-refractivity contribution is 0.258. The number of aliphatic hydroxyl groups excluding tert-OH is 1. The van der Waals surface area contributed by atoms with Crippen molar-refractivity contribution in [3.05, 3.63) is 0 Å². The molecule has 0 aliphatic carbocycles. The maximum Gasteiger partial charge on any atom is 0.0581 e. The van der Waals surface area contributed by atoms with Crippen LogP contribution < -0.4 is 5.32 Å². The number of hydrogen-bond acceptors (Lipinski definition) is 2. The van der Waals surface area contributed by atoms with Crippen LogP contribution >= 0.6 is 0 Å². The molecule has 0 rings (SSSR count). The third-order valence-electron chi connectivity index (χ3n) is 0.767. The normalized spacial score (nSPS) is 12.4. The predicted molar refractivity (Wildman–Crippen MR) is 32.3 cm³/mol. The third kappa shape index (κ3) is 5.92. The Morgan fingerprint density at radius 2 is 2.14 bits per heavy atom. The Balaban J connectivity index is 0. The van der Waals surface area contributed by atoms with Crippen molar-refractivity contribution in [3.8, 4) is 0 Å². The van der Waals surface area contributed by atoms with Gasteiger partial charge in [0.2, 0.25) is 0 Å². The fourth-order valence-corrected chi connectivity index (χ4v) is 0.0913. The second-order valence-electron chi connectivity index (χ2n) is 1.37. The molecule has 2 heteroatoms. The maximum atomic E-state index is 8.27. The number of nitrogens with one attached hydrogen (secondary N) is 1. The monoisotopic (exact) mass is 105 g/mol. The molecule has 0 spiro atoms. The van der Waals surface area contributed by atoms with Gasteiger partial charge in [0.15, 0.2) is 0 Å². The molecule has 0 aliphatic heterocycles. The van der Waals surface area contributed by atoms with E-state index in [0.29, 0.717) is 0 Å². The van der Waals surface area contributed by atoms with Gasteiger partial charge in [0, 0.05) is 6.04 Å². The van der Waals surface area contributed by atoms with Crippen LogP contribution in [0, 0.1) is 0 Å². The summed E-state index contributed by atoms with van der Waals surface area (Å²) in [6, 6.07) is 0.241. The van der Waals surface area contributed by atoms with E-state index in [1.54, 1.807) is 0 Å². The molecule has 0 aliphatic rings. The minimum atomic E-state index is 0. The second-order valence-corrected chi connectivity index (χ2v) is 1.37. The highest BCUT2D eigenvalue weighted by Crippen LogP contribution is 1.69. The number of aliphatic hydroxyl groups is 1. The minimum Gasteiger partial charge on any atom is -0.395 e. The highest BCUT2D eigenvalue weighted by molar-refractivity contribution is 4.49. The average molecular weight is 105 g/mol. The van der Waals surface area contributed by atoms with Crippen LogP contribution in [-0.2, 0) is 0 Å². The Bertz CT molecular complexity index is 27.3. The Morgan fingerprint density at radius 3 is 2.14 bits per heavy atom. The summed E-state index contributed by atoms with van der Waals surface area (Å²) >= 11 is 0. The Kier molecular flexibility index (Phi) is 8.47. The zero-order valence-corrected chi connectivity index (χ0v) is 4.23. The zero-order chi connectivity index (χ0) is 4.99. The van der Waals surface area contributed by atoms with Crippen molar-refractivity contribution in [1.82, 2.24) is 5.32 Å². The van der Waals surface area contributed by atoms with E-state index in [-0.39, 0.29) is 20.1 Å². The summed E-state index contributed by atoms with van der Waals surface area (Å²) in [6.45, 7) is 2.14. The molecule has 0 radical (unpaired) electrons. The van der Waals surface area contributed by atoms with Crippen molar-refractivity contribution >= 4 is 0 Å². The van der Waals surface area contributed by atoms with Crippen LogP contribution in [0.3, 0.4) is 0 Å². The first-order chi connectivity index (χ1) is 2.81. The van der Waals surface area contributed by atoms with Crippen molar-refractivity contribution in [3.63, 3.8) is 0 Å². The van der Waals surface area contributed by atoms with Gasteiger partial charge in [-0.1, -0.05) is 7.43 Å². The quantitative estimate of drug-likeness (QED) is 0.526. The van der Waals surface area contributed by atoms with Crippen molar-refractivity contribution in [2.24, 2.45) is 0 Å². The summed E-state index contributed by atoms with van der Waals surface area (Å²) in [6.07, 6.45) is 0. The molecule has 2 N–H and O–H groups in total. The third-order valence-corrected chi connectivity index (χ3v) is 0.767. The van der Waals surface area contributed by atoms with Gasteiger partial charge in [0.05, 0.1) is 6.61 Å². The van der Waals surface area contributed by atoms with E-state index in [0.717, 1.165) is 0 Å². The SMILES string of the molecule is C.CNC(C)CO. The summed E-state index contributed by atoms with van der Waals surface area (Å²) in [5.74, 6) is 0. The molecule has 0 amide bonds. The van der Waals surface area contributed by atoms with Crippen LogP contribution in [0.4, 0.5) is 0 Å². The van der Waals surface area contributed by atoms with Crippen molar-refractivity contribution in [1.29, 1.82) is 0 Å². The summed E-state index contributed by atoms with van der Waals surface area (Å²) in [5, 5.41) is 11.1. The van der Waals surface area contributed by atoms with Gasteiger partial charge in [-0.2, -0.15) is 0 Å². The molecule has 2 nitrogen and oxygen atoms in total. The van der Waals surface area contributed by atoms with Crippen LogP contribution in [0.1, 0.15) is 14.4 Å². The molecule has 0 saturated heterocycles. The molecular formula is C5H15NO. The van der Waals surface area contributed by atoms with Gasteiger partial charge < -0.3 is 10.4 Å². The van der Waals surface area contributed by atoms with Gasteiger partial charge >= 0.3 is 0 Å². The van der Waals surface area contributed by atoms with Crippen LogP contribution in [0.15, 0.2) is 0 Å². The molecule has 0 aromatic carbocycles. The number of rotatable bonds is 2. The lowest BCUT2D eigenvalue weighted by Crippen LogP contribution is -2.24. The molecule has 0 aromatic heterocycles. The van der Waals surface area contributed by atoms with Gasteiger partial charge in [0.1, 0.15) is 0 Å². The lowest BCUT2D eigenvalue weighted by Gasteiger charge is -2.01. The lowest BCUT2D eigenvalue weighted by atomic mass is 10.4. The highest BCUT2D eigenvalue weighted by Gasteiger charge is 1.88. The average Bonchev–Trinajstić information content (AvgIpc) is 1.65. The van der Waals surface area contributed by atoms with Crippen LogP contribution in [0.5, 0.6) is 0 Å². The van der Waals surface area contributed by atoms with E-state index in [1.807, 2.05) is 14.0 Å². The minimum absolute atomic E-state index is 0. The molecule has 0 bridgehead atoms. The molecule has 1 unspecified atom stereocenters. The van der Waals surface area contributed by atoms with E-state index in [9.17, 15) is 0 Å². The molecule has 0 fully saturated rings. The first-order valence-corrected chi connectivity index (χ1v) is 2.09. The Labute approximate surface area is 45.5 Å². The predicted octanol–water partition coefficient (Wildman–Crippen LogP) is 0.223. The van der Waals surface area contributed by atoms with Gasteiger partial charge in [-0.25, -0.2) is 0 Å². The van der Waals surface area contributed by atoms with E-state index < -0.39 is 0 Å². The molecule has 7 heavy (non-hydrogen) atoms. The highest BCUT2D eigenvalue weighted by atomic mass is 16.3. The molecule has 1 atom stereocenters. The Hall–Kier alpha value is -0.0800. The first-order valence-electron chi connectivity index (χ1n) is 2.09. The fourth-order valence-electron chi connectivity index (χ4n) is 0.0913. The van der Waals surface area contributed by atoms with E-state index in [2.05, 4.69) is 5.32 Å². The van der Waals surface area contributed by atoms with Gasteiger partial charge in [-0.15, -0.1) is 0 Å². The first kappa shape index (κ1) is 10.0. The van der Waals surface area contributed by atoms with E-state index >= 15 is 0 Å². The molecule has 0 aromatic rings. The summed E-state index contributed by atoms with van der Waals surface area (Å²) < 4.78 is 0. The van der Waals surface area contributed by atoms with Crippen LogP contribution in [0.2, 0.25) is 0 Å². The largest absolute Gasteiger partial charge is 0.395 e. The molecule has 0 heterocycles. The van der Waals surface area contributed by atoms with Crippen molar-refractivity contribution < 1.29 is 5.11 Å². The van der Waals surface area contributed by atoms with Gasteiger partial charge in [-0.05, 0) is 14.0 Å². The van der Waals surface area contributed by atoms with Crippen LogP contribution in [-0.4, -0.2) is 24.8 Å². The standard InChI is InChI=1S/C4H11NO.CH4/c1-4(3-6)5-2;/h4-6H,3H2,1-2H3;1H4. The fraction of sp³-hybridized carbons (Fsp3) is 1.00. The molecule has 0 saturated carbocycles. The second kappa shape index (κ2) is 5.92. The van der Waals surface area contributed by atoms with Gasteiger partial charge in [-0.3, -0.25) is 0 Å². The van der Waals surface area contributed by atoms with E-state index in [1.165, 1.54) is 0 Å². The van der Waals surface area contributed by atoms with E-state index in [4.69, 9.17) is 5.11 Å². The van der Waals surface area contributed by atoms with Gasteiger partial charge in [0.25, 0.3) is 0 Å². The molecule has 46 valence electrons. The van der Waals surface area contributed by atoms with Crippen molar-refractivity contribution in [2.45, 2.75) is 20.4 Å². The smallest absolute Gasteiger partial charge is 0.0581 e. The number of likely N-dealkylation sites (N-methyl/N-ethyl adjacent to an activating group) is 1. The summed E-state index contributed by atoms with van der Waals surface area (Å²) in [5.41, 5.74) is 0. The summed E-state index contributed by atoms with van der Waals surface area (Å²) in [7, 11) is 1.82. The summed E-state index contributed by atoms with van der Waals surface area (Å²) in [4.78, 5) is 0. The maximum absolute atomic E-state index is 8.27. The van der Waals surface area contributed by atoms with Crippen molar-refractivity contribution in [2.75, 3.05) is 13.7 Å². The Morgan fingerprint density at radius 1 is 1.71 bits per heavy atom. The topological polar surface area (TPSA) is 32.3 Å². The van der Waals surface area contributed by atoms with Crippen LogP contribution in [0.25, 0.3) is 0 Å². The molecular weight excluding hydrogens is 90.1 g/mol. The number of hydrogen-bond donors (Lipinski definition) is 2. The zero-order valence-electron chi connectivity index (χ0n) is 4.23.